The summed E-state index contributed by atoms with van der Waals surface area (Å²) in [5.74, 6) is 1.49. The fraction of sp³-hybridized carbons (Fsp3) is 0.429. The van der Waals surface area contributed by atoms with Gasteiger partial charge in [0, 0.05) is 23.7 Å². The zero-order chi connectivity index (χ0) is 18.4. The summed E-state index contributed by atoms with van der Waals surface area (Å²) in [5.41, 5.74) is 3.09. The van der Waals surface area contributed by atoms with Crippen molar-refractivity contribution in [1.82, 2.24) is 4.90 Å². The van der Waals surface area contributed by atoms with E-state index in [1.54, 1.807) is 0 Å². The average molecular weight is 362 g/mol. The van der Waals surface area contributed by atoms with E-state index in [-0.39, 0.29) is 0 Å². The van der Waals surface area contributed by atoms with Gasteiger partial charge in [-0.3, -0.25) is 4.90 Å². The Kier molecular flexibility index (Phi) is 7.15. The van der Waals surface area contributed by atoms with E-state index in [9.17, 15) is 5.11 Å². The van der Waals surface area contributed by atoms with Crippen molar-refractivity contribution in [3.05, 3.63) is 58.1 Å². The lowest BCUT2D eigenvalue weighted by atomic mass is 10.00. The minimum Gasteiger partial charge on any atom is -0.508 e. The molecule has 0 fully saturated rings. The van der Waals surface area contributed by atoms with E-state index in [2.05, 4.69) is 31.7 Å². The number of phenols is 1. The third kappa shape index (κ3) is 5.65. The van der Waals surface area contributed by atoms with Gasteiger partial charge in [0.15, 0.2) is 0 Å². The first-order chi connectivity index (χ1) is 11.9. The second-order valence-corrected chi connectivity index (χ2v) is 7.11. The van der Waals surface area contributed by atoms with E-state index in [1.807, 2.05) is 37.3 Å². The van der Waals surface area contributed by atoms with Gasteiger partial charge in [0.25, 0.3) is 0 Å². The Labute approximate surface area is 156 Å². The van der Waals surface area contributed by atoms with Crippen LogP contribution in [0.15, 0.2) is 36.4 Å². The summed E-state index contributed by atoms with van der Waals surface area (Å²) in [6.45, 7) is 11.5. The second kappa shape index (κ2) is 9.12. The molecule has 0 bridgehead atoms. The van der Waals surface area contributed by atoms with Crippen LogP contribution >= 0.6 is 11.6 Å². The molecule has 2 aromatic carbocycles. The molecule has 4 heteroatoms. The molecule has 0 saturated carbocycles. The summed E-state index contributed by atoms with van der Waals surface area (Å²) >= 11 is 6.07. The van der Waals surface area contributed by atoms with Crippen molar-refractivity contribution in [2.45, 2.75) is 40.2 Å². The lowest BCUT2D eigenvalue weighted by Crippen LogP contribution is -2.28. The number of phenolic OH excluding ortho intramolecular Hbond substituents is 1. The Balaban J connectivity index is 1.97. The van der Waals surface area contributed by atoms with E-state index < -0.39 is 0 Å². The highest BCUT2D eigenvalue weighted by atomic mass is 35.5. The van der Waals surface area contributed by atoms with E-state index >= 15 is 0 Å². The number of aromatic hydroxyl groups is 1. The van der Waals surface area contributed by atoms with Crippen LogP contribution in [0.4, 0.5) is 0 Å². The molecule has 0 heterocycles. The molecule has 136 valence electrons. The first-order valence-electron chi connectivity index (χ1n) is 8.83. The maximum Gasteiger partial charge on any atom is 0.123 e. The molecule has 0 radical (unpaired) electrons. The zero-order valence-electron chi connectivity index (χ0n) is 15.6. The monoisotopic (exact) mass is 361 g/mol. The van der Waals surface area contributed by atoms with Gasteiger partial charge in [0.1, 0.15) is 18.1 Å². The quantitative estimate of drug-likeness (QED) is 0.685. The summed E-state index contributed by atoms with van der Waals surface area (Å²) in [5, 5.41) is 10.7. The Bertz CT molecular complexity index is 700. The predicted octanol–water partition coefficient (Wildman–Crippen LogP) is 5.38. The van der Waals surface area contributed by atoms with Crippen LogP contribution in [0.1, 0.15) is 43.4 Å². The Hall–Kier alpha value is -1.71. The highest BCUT2D eigenvalue weighted by Gasteiger charge is 2.12. The molecule has 2 aromatic rings. The van der Waals surface area contributed by atoms with Gasteiger partial charge in [-0.15, -0.1) is 0 Å². The first kappa shape index (κ1) is 19.6. The van der Waals surface area contributed by atoms with E-state index in [0.717, 1.165) is 41.5 Å². The lowest BCUT2D eigenvalue weighted by molar-refractivity contribution is 0.208. The summed E-state index contributed by atoms with van der Waals surface area (Å²) in [6.07, 6.45) is 0. The summed E-state index contributed by atoms with van der Waals surface area (Å²) in [7, 11) is 0. The van der Waals surface area contributed by atoms with Gasteiger partial charge in [-0.2, -0.15) is 0 Å². The SMILES string of the molecule is CCN(CCOc1cc(C)c(O)cc1C(C)C)Cc1cccc(Cl)c1. The van der Waals surface area contributed by atoms with Crippen LogP contribution < -0.4 is 4.74 Å². The first-order valence-corrected chi connectivity index (χ1v) is 9.21. The van der Waals surface area contributed by atoms with Crippen LogP contribution in [-0.2, 0) is 6.54 Å². The van der Waals surface area contributed by atoms with Gasteiger partial charge < -0.3 is 9.84 Å². The second-order valence-electron chi connectivity index (χ2n) is 6.68. The zero-order valence-corrected chi connectivity index (χ0v) is 16.3. The van der Waals surface area contributed by atoms with Gasteiger partial charge in [0.05, 0.1) is 0 Å². The summed E-state index contributed by atoms with van der Waals surface area (Å²) in [4.78, 5) is 2.33. The number of benzene rings is 2. The molecule has 0 amide bonds. The maximum absolute atomic E-state index is 9.94. The summed E-state index contributed by atoms with van der Waals surface area (Å²) in [6, 6.07) is 11.7. The van der Waals surface area contributed by atoms with Crippen LogP contribution in [0.5, 0.6) is 11.5 Å². The van der Waals surface area contributed by atoms with Gasteiger partial charge in [-0.05, 0) is 54.8 Å². The number of halogens is 1. The number of likely N-dealkylation sites (N-methyl/N-ethyl adjacent to an activating group) is 1. The fourth-order valence-electron chi connectivity index (χ4n) is 2.79. The van der Waals surface area contributed by atoms with Gasteiger partial charge >= 0.3 is 0 Å². The molecule has 1 N–H and O–H groups in total. The molecule has 3 nitrogen and oxygen atoms in total. The van der Waals surface area contributed by atoms with Crippen molar-refractivity contribution >= 4 is 11.6 Å². The third-order valence-electron chi connectivity index (χ3n) is 4.36. The number of hydrogen-bond donors (Lipinski definition) is 1. The molecule has 25 heavy (non-hydrogen) atoms. The Morgan fingerprint density at radius 2 is 1.96 bits per heavy atom. The smallest absolute Gasteiger partial charge is 0.123 e. The molecule has 0 aromatic heterocycles. The van der Waals surface area contributed by atoms with Crippen molar-refractivity contribution in [2.24, 2.45) is 0 Å². The number of nitrogens with zero attached hydrogens (tertiary/aromatic N) is 1. The van der Waals surface area contributed by atoms with Crippen LogP contribution in [0.25, 0.3) is 0 Å². The van der Waals surface area contributed by atoms with Crippen LogP contribution in [-0.4, -0.2) is 29.7 Å². The van der Waals surface area contributed by atoms with Crippen LogP contribution in [0.2, 0.25) is 5.02 Å². The van der Waals surface area contributed by atoms with Crippen molar-refractivity contribution in [3.8, 4) is 11.5 Å². The molecular formula is C21H28ClNO2. The summed E-state index contributed by atoms with van der Waals surface area (Å²) < 4.78 is 6.05. The highest BCUT2D eigenvalue weighted by molar-refractivity contribution is 6.30. The van der Waals surface area contributed by atoms with Crippen molar-refractivity contribution < 1.29 is 9.84 Å². The van der Waals surface area contributed by atoms with Crippen LogP contribution in [0.3, 0.4) is 0 Å². The molecule has 0 aliphatic rings. The number of ether oxygens (including phenoxy) is 1. The molecule has 0 spiro atoms. The predicted molar refractivity (Wildman–Crippen MR) is 105 cm³/mol. The highest BCUT2D eigenvalue weighted by Crippen LogP contribution is 2.32. The average Bonchev–Trinajstić information content (AvgIpc) is 2.56. The molecule has 0 aliphatic carbocycles. The largest absolute Gasteiger partial charge is 0.508 e. The van der Waals surface area contributed by atoms with E-state index in [1.165, 1.54) is 5.56 Å². The number of hydrogen-bond acceptors (Lipinski definition) is 3. The van der Waals surface area contributed by atoms with Gasteiger partial charge in [-0.25, -0.2) is 0 Å². The Morgan fingerprint density at radius 1 is 1.20 bits per heavy atom. The minimum absolute atomic E-state index is 0.301. The number of aryl methyl sites for hydroxylation is 1. The third-order valence-corrected chi connectivity index (χ3v) is 4.59. The van der Waals surface area contributed by atoms with Gasteiger partial charge in [0.2, 0.25) is 0 Å². The molecule has 0 saturated heterocycles. The molecule has 0 unspecified atom stereocenters. The van der Waals surface area contributed by atoms with Crippen molar-refractivity contribution in [3.63, 3.8) is 0 Å². The van der Waals surface area contributed by atoms with Gasteiger partial charge in [-0.1, -0.05) is 44.5 Å². The molecule has 0 aliphatic heterocycles. The van der Waals surface area contributed by atoms with Crippen molar-refractivity contribution in [1.29, 1.82) is 0 Å². The standard InChI is InChI=1S/C21H28ClNO2/c1-5-23(14-17-7-6-8-18(22)12-17)9-10-25-21-11-16(4)20(24)13-19(21)15(2)3/h6-8,11-13,15,24H,5,9-10,14H2,1-4H3. The molecule has 0 atom stereocenters. The number of rotatable bonds is 8. The normalized spacial score (nSPS) is 11.3. The molecular weight excluding hydrogens is 334 g/mol. The topological polar surface area (TPSA) is 32.7 Å². The minimum atomic E-state index is 0.301. The van der Waals surface area contributed by atoms with Crippen LogP contribution in [0, 0.1) is 6.92 Å². The lowest BCUT2D eigenvalue weighted by Gasteiger charge is -2.22. The van der Waals surface area contributed by atoms with E-state index in [0.29, 0.717) is 18.3 Å². The maximum atomic E-state index is 9.94. The van der Waals surface area contributed by atoms with Crippen molar-refractivity contribution in [2.75, 3.05) is 19.7 Å². The molecule has 2 rings (SSSR count). The fourth-order valence-corrected chi connectivity index (χ4v) is 3.00. The van der Waals surface area contributed by atoms with E-state index in [4.69, 9.17) is 16.3 Å². The Morgan fingerprint density at radius 3 is 2.60 bits per heavy atom.